The van der Waals surface area contributed by atoms with Gasteiger partial charge in [-0.3, -0.25) is 4.90 Å². The summed E-state index contributed by atoms with van der Waals surface area (Å²) in [5.74, 6) is -0.951. The summed E-state index contributed by atoms with van der Waals surface area (Å²) >= 11 is 3.13. The molecule has 1 saturated heterocycles. The molecule has 2 aliphatic rings. The summed E-state index contributed by atoms with van der Waals surface area (Å²) in [4.78, 5) is 2.18. The van der Waals surface area contributed by atoms with E-state index in [1.807, 2.05) is 0 Å². The standard InChI is InChI=1S/C15H18BrF2NO/c16-11-5-6-12(17)10(15(11)18)9-19-7-8-20-14-4-2-1-3-13(14)19/h5-6,13-14H,1-4,7-9H2. The molecule has 0 spiro atoms. The molecular weight excluding hydrogens is 328 g/mol. The van der Waals surface area contributed by atoms with E-state index in [-0.39, 0.29) is 11.7 Å². The summed E-state index contributed by atoms with van der Waals surface area (Å²) < 4.78 is 34.1. The zero-order valence-electron chi connectivity index (χ0n) is 11.2. The number of morpholine rings is 1. The molecule has 1 aromatic carbocycles. The first-order chi connectivity index (χ1) is 9.66. The Labute approximate surface area is 126 Å². The number of benzene rings is 1. The van der Waals surface area contributed by atoms with Crippen LogP contribution in [0.15, 0.2) is 16.6 Å². The number of ether oxygens (including phenoxy) is 1. The van der Waals surface area contributed by atoms with Crippen molar-refractivity contribution in [3.05, 3.63) is 33.8 Å². The zero-order valence-corrected chi connectivity index (χ0v) is 12.8. The first-order valence-electron chi connectivity index (χ1n) is 7.15. The Hall–Kier alpha value is -0.520. The first-order valence-corrected chi connectivity index (χ1v) is 7.94. The lowest BCUT2D eigenvalue weighted by atomic mass is 9.90. The Balaban J connectivity index is 1.81. The van der Waals surface area contributed by atoms with Crippen LogP contribution >= 0.6 is 15.9 Å². The fourth-order valence-electron chi connectivity index (χ4n) is 3.29. The lowest BCUT2D eigenvalue weighted by Crippen LogP contribution is -2.52. The molecule has 2 fully saturated rings. The average Bonchev–Trinajstić information content (AvgIpc) is 2.48. The average molecular weight is 346 g/mol. The van der Waals surface area contributed by atoms with E-state index in [4.69, 9.17) is 4.74 Å². The van der Waals surface area contributed by atoms with Gasteiger partial charge in [-0.1, -0.05) is 12.8 Å². The van der Waals surface area contributed by atoms with Gasteiger partial charge in [-0.15, -0.1) is 0 Å². The van der Waals surface area contributed by atoms with Crippen molar-refractivity contribution in [2.75, 3.05) is 13.2 Å². The Morgan fingerprint density at radius 2 is 2.05 bits per heavy atom. The molecule has 20 heavy (non-hydrogen) atoms. The van der Waals surface area contributed by atoms with E-state index in [1.165, 1.54) is 25.0 Å². The predicted molar refractivity (Wildman–Crippen MR) is 76.5 cm³/mol. The summed E-state index contributed by atoms with van der Waals surface area (Å²) in [6, 6.07) is 3.04. The van der Waals surface area contributed by atoms with E-state index in [0.717, 1.165) is 19.4 Å². The van der Waals surface area contributed by atoms with Gasteiger partial charge in [-0.2, -0.15) is 0 Å². The molecule has 1 heterocycles. The van der Waals surface area contributed by atoms with Crippen LogP contribution in [0, 0.1) is 11.6 Å². The summed E-state index contributed by atoms with van der Waals surface area (Å²) in [5, 5.41) is 0. The molecule has 3 rings (SSSR count). The third-order valence-corrected chi connectivity index (χ3v) is 4.96. The largest absolute Gasteiger partial charge is 0.375 e. The number of halogens is 3. The molecule has 1 aliphatic carbocycles. The maximum atomic E-state index is 14.1. The molecule has 0 N–H and O–H groups in total. The van der Waals surface area contributed by atoms with Crippen molar-refractivity contribution in [3.8, 4) is 0 Å². The van der Waals surface area contributed by atoms with Crippen LogP contribution in [0.5, 0.6) is 0 Å². The summed E-state index contributed by atoms with van der Waals surface area (Å²) in [6.07, 6.45) is 4.71. The lowest BCUT2D eigenvalue weighted by molar-refractivity contribution is -0.0916. The molecule has 0 amide bonds. The summed E-state index contributed by atoms with van der Waals surface area (Å²) in [6.45, 7) is 1.71. The molecule has 2 nitrogen and oxygen atoms in total. The smallest absolute Gasteiger partial charge is 0.144 e. The van der Waals surface area contributed by atoms with Crippen molar-refractivity contribution >= 4 is 15.9 Å². The Morgan fingerprint density at radius 1 is 1.25 bits per heavy atom. The fraction of sp³-hybridized carbons (Fsp3) is 0.600. The van der Waals surface area contributed by atoms with Gasteiger partial charge < -0.3 is 4.74 Å². The van der Waals surface area contributed by atoms with Crippen LogP contribution < -0.4 is 0 Å². The highest BCUT2D eigenvalue weighted by Crippen LogP contribution is 2.31. The second kappa shape index (κ2) is 6.08. The van der Waals surface area contributed by atoms with Crippen LogP contribution in [0.2, 0.25) is 0 Å². The quantitative estimate of drug-likeness (QED) is 0.754. The van der Waals surface area contributed by atoms with Gasteiger partial charge in [-0.05, 0) is 40.9 Å². The lowest BCUT2D eigenvalue weighted by Gasteiger charge is -2.43. The second-order valence-electron chi connectivity index (χ2n) is 5.55. The van der Waals surface area contributed by atoms with E-state index in [0.29, 0.717) is 23.7 Å². The van der Waals surface area contributed by atoms with Gasteiger partial charge in [0.05, 0.1) is 17.2 Å². The predicted octanol–water partition coefficient (Wildman–Crippen LogP) is 3.87. The Morgan fingerprint density at radius 3 is 2.90 bits per heavy atom. The maximum Gasteiger partial charge on any atom is 0.144 e. The number of fused-ring (bicyclic) bond motifs is 1. The van der Waals surface area contributed by atoms with Gasteiger partial charge in [0.2, 0.25) is 0 Å². The summed E-state index contributed by atoms with van der Waals surface area (Å²) in [5.41, 5.74) is 0.158. The highest BCUT2D eigenvalue weighted by Gasteiger charge is 2.34. The van der Waals surface area contributed by atoms with Crippen LogP contribution in [0.25, 0.3) is 0 Å². The van der Waals surface area contributed by atoms with Crippen molar-refractivity contribution < 1.29 is 13.5 Å². The molecule has 0 bridgehead atoms. The molecule has 1 aliphatic heterocycles. The first kappa shape index (κ1) is 14.4. The van der Waals surface area contributed by atoms with Crippen molar-refractivity contribution in [1.82, 2.24) is 4.90 Å². The van der Waals surface area contributed by atoms with Gasteiger partial charge in [0.25, 0.3) is 0 Å². The Kier molecular flexibility index (Phi) is 4.38. The monoisotopic (exact) mass is 345 g/mol. The highest BCUT2D eigenvalue weighted by molar-refractivity contribution is 9.10. The Bertz CT molecular complexity index is 495. The SMILES string of the molecule is Fc1ccc(Br)c(F)c1CN1CCOC2CCCCC21. The third kappa shape index (κ3) is 2.76. The minimum Gasteiger partial charge on any atom is -0.375 e. The number of hydrogen-bond acceptors (Lipinski definition) is 2. The van der Waals surface area contributed by atoms with Gasteiger partial charge in [-0.25, -0.2) is 8.78 Å². The number of nitrogens with zero attached hydrogens (tertiary/aromatic N) is 1. The molecular formula is C15H18BrF2NO. The zero-order chi connectivity index (χ0) is 14.1. The van der Waals surface area contributed by atoms with E-state index in [9.17, 15) is 8.78 Å². The topological polar surface area (TPSA) is 12.5 Å². The van der Waals surface area contributed by atoms with Crippen LogP contribution in [0.1, 0.15) is 31.2 Å². The van der Waals surface area contributed by atoms with Gasteiger partial charge >= 0.3 is 0 Å². The molecule has 2 unspecified atom stereocenters. The normalized spacial score (nSPS) is 27.4. The third-order valence-electron chi connectivity index (χ3n) is 4.35. The molecule has 0 aromatic heterocycles. The fourth-order valence-corrected chi connectivity index (χ4v) is 3.66. The van der Waals surface area contributed by atoms with Crippen molar-refractivity contribution in [2.45, 2.75) is 44.4 Å². The van der Waals surface area contributed by atoms with E-state index in [2.05, 4.69) is 20.8 Å². The van der Waals surface area contributed by atoms with Crippen LogP contribution in [-0.2, 0) is 11.3 Å². The minimum atomic E-state index is -0.483. The number of hydrogen-bond donors (Lipinski definition) is 0. The molecule has 1 saturated carbocycles. The molecule has 5 heteroatoms. The summed E-state index contributed by atoms with van der Waals surface area (Å²) in [7, 11) is 0. The number of rotatable bonds is 2. The van der Waals surface area contributed by atoms with Crippen LogP contribution in [-0.4, -0.2) is 30.2 Å². The van der Waals surface area contributed by atoms with Crippen molar-refractivity contribution in [3.63, 3.8) is 0 Å². The maximum absolute atomic E-state index is 14.1. The van der Waals surface area contributed by atoms with Crippen molar-refractivity contribution in [2.24, 2.45) is 0 Å². The minimum absolute atomic E-state index is 0.158. The van der Waals surface area contributed by atoms with Gasteiger partial charge in [0.15, 0.2) is 0 Å². The molecule has 2 atom stereocenters. The second-order valence-corrected chi connectivity index (χ2v) is 6.41. The molecule has 1 aromatic rings. The van der Waals surface area contributed by atoms with E-state index in [1.54, 1.807) is 0 Å². The van der Waals surface area contributed by atoms with E-state index < -0.39 is 11.6 Å². The molecule has 110 valence electrons. The van der Waals surface area contributed by atoms with Gasteiger partial charge in [0.1, 0.15) is 11.6 Å². The van der Waals surface area contributed by atoms with E-state index >= 15 is 0 Å². The molecule has 0 radical (unpaired) electrons. The van der Waals surface area contributed by atoms with Crippen molar-refractivity contribution in [1.29, 1.82) is 0 Å². The van der Waals surface area contributed by atoms with Crippen LogP contribution in [0.4, 0.5) is 8.78 Å². The van der Waals surface area contributed by atoms with Crippen LogP contribution in [0.3, 0.4) is 0 Å². The van der Waals surface area contributed by atoms with Gasteiger partial charge in [0, 0.05) is 24.7 Å². The highest BCUT2D eigenvalue weighted by atomic mass is 79.9.